The zero-order chi connectivity index (χ0) is 15.9. The van der Waals surface area contributed by atoms with Gasteiger partial charge in [0.2, 0.25) is 0 Å². The fourth-order valence-corrected chi connectivity index (χ4v) is 3.36. The van der Waals surface area contributed by atoms with Crippen molar-refractivity contribution in [2.75, 3.05) is 0 Å². The molecule has 1 heterocycles. The van der Waals surface area contributed by atoms with Crippen molar-refractivity contribution in [3.05, 3.63) is 58.5 Å². The number of carboxylic acids is 2. The predicted molar refractivity (Wildman–Crippen MR) is 85.9 cm³/mol. The van der Waals surface area contributed by atoms with E-state index in [1.807, 2.05) is 42.6 Å². The maximum atomic E-state index is 11.7. The van der Waals surface area contributed by atoms with Gasteiger partial charge in [0, 0.05) is 15.6 Å². The van der Waals surface area contributed by atoms with E-state index in [0.29, 0.717) is 11.1 Å². The molecule has 0 spiro atoms. The van der Waals surface area contributed by atoms with Crippen molar-refractivity contribution in [1.82, 2.24) is 0 Å². The molecule has 3 rings (SSSR count). The molecule has 5 heteroatoms. The Balaban J connectivity index is 2.46. The molecule has 1 aromatic heterocycles. The van der Waals surface area contributed by atoms with Crippen LogP contribution in [-0.4, -0.2) is 22.2 Å². The summed E-state index contributed by atoms with van der Waals surface area (Å²) in [4.78, 5) is 23.2. The molecule has 2 aromatic carbocycles. The van der Waals surface area contributed by atoms with Crippen LogP contribution in [0.3, 0.4) is 0 Å². The lowest BCUT2D eigenvalue weighted by molar-refractivity contribution is 0.0652. The predicted octanol–water partition coefficient (Wildman–Crippen LogP) is 4.27. The third-order valence-electron chi connectivity index (χ3n) is 3.54. The van der Waals surface area contributed by atoms with E-state index in [9.17, 15) is 19.8 Å². The molecule has 0 aliphatic rings. The first-order chi connectivity index (χ1) is 10.5. The largest absolute Gasteiger partial charge is 0.478 e. The Morgan fingerprint density at radius 3 is 2.27 bits per heavy atom. The monoisotopic (exact) mass is 312 g/mol. The SMILES string of the molecule is Cc1ccc(-c2c(C(=O)O)c(C(=O)O)cc3sccc23)cc1. The molecule has 0 saturated heterocycles. The van der Waals surface area contributed by atoms with E-state index in [4.69, 9.17) is 0 Å². The van der Waals surface area contributed by atoms with Crippen molar-refractivity contribution < 1.29 is 19.8 Å². The highest BCUT2D eigenvalue weighted by Crippen LogP contribution is 2.37. The molecular formula is C17H12O4S. The summed E-state index contributed by atoms with van der Waals surface area (Å²) in [7, 11) is 0. The lowest BCUT2D eigenvalue weighted by atomic mass is 9.92. The highest BCUT2D eigenvalue weighted by Gasteiger charge is 2.24. The van der Waals surface area contributed by atoms with Crippen molar-refractivity contribution >= 4 is 33.4 Å². The van der Waals surface area contributed by atoms with Crippen LogP contribution in [0.5, 0.6) is 0 Å². The van der Waals surface area contributed by atoms with Crippen LogP contribution >= 0.6 is 11.3 Å². The number of thiophene rings is 1. The van der Waals surface area contributed by atoms with Crippen LogP contribution in [0, 0.1) is 6.92 Å². The number of benzene rings is 2. The van der Waals surface area contributed by atoms with Gasteiger partial charge in [-0.15, -0.1) is 11.3 Å². The minimum atomic E-state index is -1.24. The Morgan fingerprint density at radius 2 is 1.68 bits per heavy atom. The molecule has 0 aliphatic carbocycles. The van der Waals surface area contributed by atoms with Gasteiger partial charge in [0.15, 0.2) is 0 Å². The van der Waals surface area contributed by atoms with Crippen LogP contribution in [-0.2, 0) is 0 Å². The van der Waals surface area contributed by atoms with Gasteiger partial charge in [0.05, 0.1) is 11.1 Å². The molecule has 0 bridgehead atoms. The number of aromatic carboxylic acids is 2. The zero-order valence-corrected chi connectivity index (χ0v) is 12.5. The summed E-state index contributed by atoms with van der Waals surface area (Å²) in [5.41, 5.74) is 1.87. The third kappa shape index (κ3) is 2.25. The molecule has 110 valence electrons. The quantitative estimate of drug-likeness (QED) is 0.757. The van der Waals surface area contributed by atoms with Crippen LogP contribution < -0.4 is 0 Å². The van der Waals surface area contributed by atoms with Gasteiger partial charge in [-0.2, -0.15) is 0 Å². The normalized spacial score (nSPS) is 10.8. The fourth-order valence-electron chi connectivity index (χ4n) is 2.52. The minimum Gasteiger partial charge on any atom is -0.478 e. The summed E-state index contributed by atoms with van der Waals surface area (Å²) < 4.78 is 0.762. The summed E-state index contributed by atoms with van der Waals surface area (Å²) in [6.07, 6.45) is 0. The minimum absolute atomic E-state index is 0.165. The first-order valence-electron chi connectivity index (χ1n) is 6.57. The second-order valence-corrected chi connectivity index (χ2v) is 5.93. The first-order valence-corrected chi connectivity index (χ1v) is 7.45. The second-order valence-electron chi connectivity index (χ2n) is 4.98. The topological polar surface area (TPSA) is 74.6 Å². The Labute approximate surface area is 130 Å². The number of hydrogen-bond acceptors (Lipinski definition) is 3. The molecule has 0 radical (unpaired) electrons. The number of fused-ring (bicyclic) bond motifs is 1. The Kier molecular flexibility index (Phi) is 3.42. The molecule has 0 amide bonds. The van der Waals surface area contributed by atoms with Gasteiger partial charge in [0.25, 0.3) is 0 Å². The lowest BCUT2D eigenvalue weighted by Gasteiger charge is -2.12. The second kappa shape index (κ2) is 5.27. The van der Waals surface area contributed by atoms with Gasteiger partial charge in [-0.05, 0) is 30.0 Å². The van der Waals surface area contributed by atoms with E-state index in [-0.39, 0.29) is 11.1 Å². The van der Waals surface area contributed by atoms with Crippen LogP contribution in [0.25, 0.3) is 21.2 Å². The molecule has 0 aliphatic heterocycles. The molecule has 0 unspecified atom stereocenters. The molecule has 0 fully saturated rings. The maximum Gasteiger partial charge on any atom is 0.337 e. The van der Waals surface area contributed by atoms with E-state index in [2.05, 4.69) is 0 Å². The van der Waals surface area contributed by atoms with E-state index >= 15 is 0 Å². The standard InChI is InChI=1S/C17H12O4S/c1-9-2-4-10(5-3-9)14-11-6-7-22-13(11)8-12(16(18)19)15(14)17(20)21/h2-8H,1H3,(H,18,19)(H,20,21). The van der Waals surface area contributed by atoms with Crippen LogP contribution in [0.2, 0.25) is 0 Å². The van der Waals surface area contributed by atoms with Crippen molar-refractivity contribution in [2.24, 2.45) is 0 Å². The Bertz CT molecular complexity index is 891. The highest BCUT2D eigenvalue weighted by molar-refractivity contribution is 7.17. The van der Waals surface area contributed by atoms with Gasteiger partial charge in [-0.3, -0.25) is 0 Å². The maximum absolute atomic E-state index is 11.7. The van der Waals surface area contributed by atoms with Crippen LogP contribution in [0.1, 0.15) is 26.3 Å². The number of aryl methyl sites for hydroxylation is 1. The van der Waals surface area contributed by atoms with Gasteiger partial charge >= 0.3 is 11.9 Å². The number of carbonyl (C=O) groups is 2. The Morgan fingerprint density at radius 1 is 1.00 bits per heavy atom. The van der Waals surface area contributed by atoms with Crippen LogP contribution in [0.4, 0.5) is 0 Å². The number of hydrogen-bond donors (Lipinski definition) is 2. The van der Waals surface area contributed by atoms with Gasteiger partial charge in [-0.1, -0.05) is 29.8 Å². The molecule has 3 aromatic rings. The van der Waals surface area contributed by atoms with Gasteiger partial charge in [0.1, 0.15) is 0 Å². The fraction of sp³-hybridized carbons (Fsp3) is 0.0588. The average molecular weight is 312 g/mol. The zero-order valence-electron chi connectivity index (χ0n) is 11.7. The summed E-state index contributed by atoms with van der Waals surface area (Å²) in [6.45, 7) is 1.94. The van der Waals surface area contributed by atoms with Crippen molar-refractivity contribution in [2.45, 2.75) is 6.92 Å². The summed E-state index contributed by atoms with van der Waals surface area (Å²) in [6, 6.07) is 10.7. The third-order valence-corrected chi connectivity index (χ3v) is 4.41. The van der Waals surface area contributed by atoms with Crippen molar-refractivity contribution in [3.8, 4) is 11.1 Å². The van der Waals surface area contributed by atoms with Gasteiger partial charge in [-0.25, -0.2) is 9.59 Å². The van der Waals surface area contributed by atoms with E-state index in [1.165, 1.54) is 17.4 Å². The Hall–Kier alpha value is -2.66. The molecule has 0 saturated carbocycles. The number of rotatable bonds is 3. The molecular weight excluding hydrogens is 300 g/mol. The molecule has 0 atom stereocenters. The van der Waals surface area contributed by atoms with Crippen molar-refractivity contribution in [1.29, 1.82) is 0 Å². The first kappa shape index (κ1) is 14.3. The average Bonchev–Trinajstić information content (AvgIpc) is 2.94. The van der Waals surface area contributed by atoms with E-state index in [0.717, 1.165) is 15.6 Å². The van der Waals surface area contributed by atoms with Crippen LogP contribution in [0.15, 0.2) is 41.8 Å². The number of carboxylic acid groups (broad SMARTS) is 2. The van der Waals surface area contributed by atoms with Gasteiger partial charge < -0.3 is 10.2 Å². The van der Waals surface area contributed by atoms with Crippen molar-refractivity contribution in [3.63, 3.8) is 0 Å². The summed E-state index contributed by atoms with van der Waals surface area (Å²) >= 11 is 1.40. The molecule has 2 N–H and O–H groups in total. The summed E-state index contributed by atoms with van der Waals surface area (Å²) in [5, 5.41) is 21.5. The molecule has 22 heavy (non-hydrogen) atoms. The van der Waals surface area contributed by atoms with E-state index in [1.54, 1.807) is 0 Å². The smallest absolute Gasteiger partial charge is 0.337 e. The summed E-state index contributed by atoms with van der Waals surface area (Å²) in [5.74, 6) is -2.47. The molecule has 4 nitrogen and oxygen atoms in total. The highest BCUT2D eigenvalue weighted by atomic mass is 32.1. The van der Waals surface area contributed by atoms with E-state index < -0.39 is 11.9 Å². The lowest BCUT2D eigenvalue weighted by Crippen LogP contribution is -2.10.